The average Bonchev–Trinajstić information content (AvgIpc) is 3.14. The number of hydrazine groups is 1. The summed E-state index contributed by atoms with van der Waals surface area (Å²) in [5, 5.41) is 14.7. The van der Waals surface area contributed by atoms with Crippen LogP contribution in [-0.4, -0.2) is 46.8 Å². The molecule has 11 heteroatoms. The lowest BCUT2D eigenvalue weighted by Crippen LogP contribution is -2.43. The number of amides is 3. The molecule has 11 nitrogen and oxygen atoms in total. The van der Waals surface area contributed by atoms with E-state index in [4.69, 9.17) is 4.74 Å². The van der Waals surface area contributed by atoms with Gasteiger partial charge in [-0.25, -0.2) is 0 Å². The number of benzene rings is 2. The van der Waals surface area contributed by atoms with Crippen LogP contribution in [0.1, 0.15) is 27.9 Å². The summed E-state index contributed by atoms with van der Waals surface area (Å²) in [6, 6.07) is 10.9. The van der Waals surface area contributed by atoms with Crippen molar-refractivity contribution >= 4 is 35.1 Å². The summed E-state index contributed by atoms with van der Waals surface area (Å²) in [5.41, 5.74) is 4.08. The second kappa shape index (κ2) is 9.90. The highest BCUT2D eigenvalue weighted by molar-refractivity contribution is 5.99. The van der Waals surface area contributed by atoms with Crippen LogP contribution >= 0.6 is 0 Å². The Morgan fingerprint density at radius 3 is 2.64 bits per heavy atom. The molecule has 172 valence electrons. The quantitative estimate of drug-likeness (QED) is 0.369. The van der Waals surface area contributed by atoms with Crippen LogP contribution in [0.2, 0.25) is 0 Å². The Balaban J connectivity index is 1.54. The molecule has 1 fully saturated rings. The fraction of sp³-hybridized carbons (Fsp3) is 0.273. The van der Waals surface area contributed by atoms with Crippen LogP contribution in [0.5, 0.6) is 0 Å². The number of hydrogen-bond acceptors (Lipinski definition) is 7. The Kier molecular flexibility index (Phi) is 7.01. The van der Waals surface area contributed by atoms with Crippen molar-refractivity contribution in [2.75, 3.05) is 18.5 Å². The molecule has 0 bridgehead atoms. The number of nitro groups is 1. The molecule has 2 N–H and O–H groups in total. The van der Waals surface area contributed by atoms with Crippen LogP contribution in [0.25, 0.3) is 0 Å². The van der Waals surface area contributed by atoms with E-state index in [1.165, 1.54) is 24.3 Å². The van der Waals surface area contributed by atoms with E-state index in [0.717, 1.165) is 16.1 Å². The maximum atomic E-state index is 12.4. The number of para-hydroxylation sites is 1. The van der Waals surface area contributed by atoms with Crippen LogP contribution in [0, 0.1) is 29.9 Å². The molecule has 1 aliphatic heterocycles. The number of carbonyl (C=O) groups is 4. The second-order valence-corrected chi connectivity index (χ2v) is 7.59. The molecule has 3 amide bonds. The van der Waals surface area contributed by atoms with Crippen molar-refractivity contribution in [3.8, 4) is 0 Å². The average molecular weight is 454 g/mol. The van der Waals surface area contributed by atoms with Gasteiger partial charge in [0.25, 0.3) is 17.5 Å². The summed E-state index contributed by atoms with van der Waals surface area (Å²) in [7, 11) is 0. The monoisotopic (exact) mass is 454 g/mol. The topological polar surface area (TPSA) is 148 Å². The SMILES string of the molecule is Cc1ccc(C)c(NC(=O)COC(=O)[C@H]2CC(=O)N(NC(=O)c3ccccc3[N+](=O)[O-])C2)c1. The van der Waals surface area contributed by atoms with E-state index in [1.54, 1.807) is 6.07 Å². The molecule has 1 atom stereocenters. The predicted molar refractivity (Wildman–Crippen MR) is 116 cm³/mol. The summed E-state index contributed by atoms with van der Waals surface area (Å²) in [5.74, 6) is -3.58. The van der Waals surface area contributed by atoms with Gasteiger partial charge in [-0.3, -0.25) is 39.7 Å². The number of anilines is 1. The molecule has 33 heavy (non-hydrogen) atoms. The summed E-state index contributed by atoms with van der Waals surface area (Å²) in [4.78, 5) is 59.5. The smallest absolute Gasteiger partial charge is 0.311 e. The third-order valence-electron chi connectivity index (χ3n) is 5.05. The van der Waals surface area contributed by atoms with Gasteiger partial charge in [-0.2, -0.15) is 0 Å². The Hall–Kier alpha value is -4.28. The van der Waals surface area contributed by atoms with Crippen molar-refractivity contribution in [3.05, 3.63) is 69.3 Å². The van der Waals surface area contributed by atoms with Gasteiger partial charge in [0.2, 0.25) is 5.91 Å². The van der Waals surface area contributed by atoms with Crippen LogP contribution in [0.4, 0.5) is 11.4 Å². The van der Waals surface area contributed by atoms with Crippen molar-refractivity contribution < 1.29 is 28.8 Å². The van der Waals surface area contributed by atoms with E-state index < -0.39 is 46.8 Å². The molecule has 0 spiro atoms. The maximum absolute atomic E-state index is 12.4. The minimum absolute atomic E-state index is 0.178. The third-order valence-corrected chi connectivity index (χ3v) is 5.05. The fourth-order valence-corrected chi connectivity index (χ4v) is 3.29. The number of esters is 1. The number of rotatable bonds is 7. The molecule has 3 rings (SSSR count). The number of carbonyl (C=O) groups excluding carboxylic acids is 4. The second-order valence-electron chi connectivity index (χ2n) is 7.59. The lowest BCUT2D eigenvalue weighted by Gasteiger charge is -2.17. The van der Waals surface area contributed by atoms with Crippen molar-refractivity contribution in [3.63, 3.8) is 0 Å². The molecule has 0 radical (unpaired) electrons. The molecular formula is C22H22N4O7. The Bertz CT molecular complexity index is 1130. The normalized spacial score (nSPS) is 15.2. The lowest BCUT2D eigenvalue weighted by molar-refractivity contribution is -0.385. The minimum atomic E-state index is -0.892. The van der Waals surface area contributed by atoms with Crippen molar-refractivity contribution in [2.24, 2.45) is 5.92 Å². The maximum Gasteiger partial charge on any atom is 0.311 e. The van der Waals surface area contributed by atoms with Crippen LogP contribution in [-0.2, 0) is 19.1 Å². The predicted octanol–water partition coefficient (Wildman–Crippen LogP) is 1.89. The van der Waals surface area contributed by atoms with E-state index >= 15 is 0 Å². The van der Waals surface area contributed by atoms with E-state index in [2.05, 4.69) is 10.7 Å². The first-order valence-corrected chi connectivity index (χ1v) is 10.0. The first-order chi connectivity index (χ1) is 15.7. The zero-order chi connectivity index (χ0) is 24.1. The number of ether oxygens (including phenoxy) is 1. The standard InChI is InChI=1S/C22H22N4O7/c1-13-7-8-14(2)17(9-13)23-19(27)12-33-22(30)15-10-20(28)25(11-15)24-21(29)16-5-3-4-6-18(16)26(31)32/h3-9,15H,10-12H2,1-2H3,(H,23,27)(H,24,29)/t15-/m0/s1. The number of nitrogens with one attached hydrogen (secondary N) is 2. The van der Waals surface area contributed by atoms with E-state index in [0.29, 0.717) is 5.69 Å². The van der Waals surface area contributed by atoms with Gasteiger partial charge in [0.05, 0.1) is 17.4 Å². The summed E-state index contributed by atoms with van der Waals surface area (Å²) < 4.78 is 5.04. The molecule has 1 saturated heterocycles. The van der Waals surface area contributed by atoms with Crippen LogP contribution in [0.3, 0.4) is 0 Å². The van der Waals surface area contributed by atoms with Crippen molar-refractivity contribution in [2.45, 2.75) is 20.3 Å². The Labute approximate surface area is 188 Å². The molecule has 0 saturated carbocycles. The molecule has 1 aliphatic rings. The molecule has 2 aromatic carbocycles. The van der Waals surface area contributed by atoms with Gasteiger partial charge in [-0.1, -0.05) is 24.3 Å². The molecule has 0 unspecified atom stereocenters. The van der Waals surface area contributed by atoms with Gasteiger partial charge in [-0.15, -0.1) is 0 Å². The Morgan fingerprint density at radius 2 is 1.91 bits per heavy atom. The first-order valence-electron chi connectivity index (χ1n) is 10.0. The zero-order valence-electron chi connectivity index (χ0n) is 18.0. The number of nitro benzene ring substituents is 1. The van der Waals surface area contributed by atoms with Crippen LogP contribution in [0.15, 0.2) is 42.5 Å². The van der Waals surface area contributed by atoms with E-state index in [-0.39, 0.29) is 18.5 Å². The Morgan fingerprint density at radius 1 is 1.18 bits per heavy atom. The number of hydrogen-bond donors (Lipinski definition) is 2. The zero-order valence-corrected chi connectivity index (χ0v) is 18.0. The van der Waals surface area contributed by atoms with Gasteiger partial charge in [0.1, 0.15) is 5.56 Å². The molecule has 0 aliphatic carbocycles. The summed E-state index contributed by atoms with van der Waals surface area (Å²) in [6.45, 7) is 3.01. The minimum Gasteiger partial charge on any atom is -0.455 e. The van der Waals surface area contributed by atoms with Crippen molar-refractivity contribution in [1.82, 2.24) is 10.4 Å². The summed E-state index contributed by atoms with van der Waals surface area (Å²) >= 11 is 0. The number of aryl methyl sites for hydroxylation is 2. The lowest BCUT2D eigenvalue weighted by atomic mass is 10.1. The highest BCUT2D eigenvalue weighted by Crippen LogP contribution is 2.21. The van der Waals surface area contributed by atoms with E-state index in [1.807, 2.05) is 26.0 Å². The van der Waals surface area contributed by atoms with Gasteiger partial charge in [-0.05, 0) is 37.1 Å². The molecule has 2 aromatic rings. The fourth-order valence-electron chi connectivity index (χ4n) is 3.29. The number of nitrogens with zero attached hydrogens (tertiary/aromatic N) is 2. The highest BCUT2D eigenvalue weighted by Gasteiger charge is 2.37. The molecule has 0 aromatic heterocycles. The molecule has 1 heterocycles. The van der Waals surface area contributed by atoms with E-state index in [9.17, 15) is 29.3 Å². The van der Waals surface area contributed by atoms with Gasteiger partial charge >= 0.3 is 5.97 Å². The van der Waals surface area contributed by atoms with Gasteiger partial charge in [0, 0.05) is 18.2 Å². The first kappa shape index (κ1) is 23.4. The highest BCUT2D eigenvalue weighted by atomic mass is 16.6. The third kappa shape index (κ3) is 5.70. The van der Waals surface area contributed by atoms with Gasteiger partial charge in [0.15, 0.2) is 6.61 Å². The summed E-state index contributed by atoms with van der Waals surface area (Å²) in [6.07, 6.45) is -0.228. The van der Waals surface area contributed by atoms with Crippen LogP contribution < -0.4 is 10.7 Å². The van der Waals surface area contributed by atoms with Gasteiger partial charge < -0.3 is 10.1 Å². The van der Waals surface area contributed by atoms with Crippen molar-refractivity contribution in [1.29, 1.82) is 0 Å². The molecular weight excluding hydrogens is 432 g/mol. The largest absolute Gasteiger partial charge is 0.455 e.